The third kappa shape index (κ3) is 2.50. The van der Waals surface area contributed by atoms with Crippen molar-refractivity contribution in [2.45, 2.75) is 12.8 Å². The predicted molar refractivity (Wildman–Crippen MR) is 43.3 cm³/mol. The molecule has 12 heavy (non-hydrogen) atoms. The molecule has 1 aliphatic heterocycles. The molecule has 0 bridgehead atoms. The Labute approximate surface area is 70.7 Å². The second kappa shape index (κ2) is 4.06. The lowest BCUT2D eigenvalue weighted by Gasteiger charge is -2.20. The highest BCUT2D eigenvalue weighted by Crippen LogP contribution is 2.10. The lowest BCUT2D eigenvalue weighted by molar-refractivity contribution is -0.124. The normalized spacial score (nSPS) is 18.7. The van der Waals surface area contributed by atoms with Crippen molar-refractivity contribution in [2.75, 3.05) is 13.1 Å². The fourth-order valence-electron chi connectivity index (χ4n) is 1.31. The number of amides is 3. The highest BCUT2D eigenvalue weighted by molar-refractivity contribution is 5.94. The second-order valence-corrected chi connectivity index (χ2v) is 2.88. The Bertz CT molecular complexity index is 187. The summed E-state index contributed by atoms with van der Waals surface area (Å²) < 4.78 is 0. The maximum Gasteiger partial charge on any atom is 0.318 e. The van der Waals surface area contributed by atoms with Gasteiger partial charge in [0.25, 0.3) is 0 Å². The average Bonchev–Trinajstić information content (AvgIpc) is 2.05. The van der Waals surface area contributed by atoms with Crippen LogP contribution >= 0.6 is 0 Å². The number of carbonyl (C=O) groups excluding carboxylic acids is 2. The zero-order valence-corrected chi connectivity index (χ0v) is 6.80. The van der Waals surface area contributed by atoms with E-state index in [1.54, 1.807) is 0 Å². The van der Waals surface area contributed by atoms with Gasteiger partial charge in [-0.2, -0.15) is 0 Å². The maximum absolute atomic E-state index is 11.2. The van der Waals surface area contributed by atoms with Crippen LogP contribution in [-0.4, -0.2) is 25.0 Å². The summed E-state index contributed by atoms with van der Waals surface area (Å²) in [6, 6.07) is -0.765. The minimum atomic E-state index is -0.765. The van der Waals surface area contributed by atoms with Crippen LogP contribution in [0.3, 0.4) is 0 Å². The Balaban J connectivity index is 2.34. The number of nitrogens with two attached hydrogens (primary N) is 1. The molecular formula is C7H13N3O2. The first kappa shape index (κ1) is 8.99. The van der Waals surface area contributed by atoms with Crippen LogP contribution in [0.5, 0.6) is 0 Å². The van der Waals surface area contributed by atoms with E-state index in [0.29, 0.717) is 0 Å². The lowest BCUT2D eigenvalue weighted by Crippen LogP contribution is -2.42. The van der Waals surface area contributed by atoms with Crippen LogP contribution in [0.1, 0.15) is 12.8 Å². The molecule has 0 unspecified atom stereocenters. The summed E-state index contributed by atoms with van der Waals surface area (Å²) in [5.41, 5.74) is 4.81. The van der Waals surface area contributed by atoms with Crippen molar-refractivity contribution >= 4 is 11.9 Å². The molecule has 0 atom stereocenters. The van der Waals surface area contributed by atoms with Crippen LogP contribution in [0.25, 0.3) is 0 Å². The van der Waals surface area contributed by atoms with E-state index in [2.05, 4.69) is 10.6 Å². The fraction of sp³-hybridized carbons (Fsp3) is 0.714. The van der Waals surface area contributed by atoms with Crippen molar-refractivity contribution < 1.29 is 9.59 Å². The molecule has 4 N–H and O–H groups in total. The van der Waals surface area contributed by atoms with E-state index in [1.807, 2.05) is 0 Å². The molecule has 3 amide bonds. The molecule has 0 spiro atoms. The monoisotopic (exact) mass is 171 g/mol. The lowest BCUT2D eigenvalue weighted by atomic mass is 9.97. The van der Waals surface area contributed by atoms with Gasteiger partial charge in [0.05, 0.1) is 0 Å². The van der Waals surface area contributed by atoms with E-state index < -0.39 is 6.03 Å². The van der Waals surface area contributed by atoms with Crippen LogP contribution in [-0.2, 0) is 4.79 Å². The minimum Gasteiger partial charge on any atom is -0.351 e. The number of imide groups is 1. The number of nitrogens with one attached hydrogen (secondary N) is 2. The molecule has 0 aromatic rings. The molecule has 0 radical (unpaired) electrons. The summed E-state index contributed by atoms with van der Waals surface area (Å²) in [4.78, 5) is 21.5. The Morgan fingerprint density at radius 3 is 2.42 bits per heavy atom. The number of primary amides is 1. The first-order valence-electron chi connectivity index (χ1n) is 4.01. The quantitative estimate of drug-likeness (QED) is 0.482. The highest BCUT2D eigenvalue weighted by atomic mass is 16.2. The van der Waals surface area contributed by atoms with E-state index in [0.717, 1.165) is 25.9 Å². The van der Waals surface area contributed by atoms with Crippen molar-refractivity contribution in [2.24, 2.45) is 11.7 Å². The summed E-state index contributed by atoms with van der Waals surface area (Å²) in [7, 11) is 0. The predicted octanol–water partition coefficient (Wildman–Crippen LogP) is -0.819. The van der Waals surface area contributed by atoms with Gasteiger partial charge in [0.2, 0.25) is 5.91 Å². The SMILES string of the molecule is NC(=O)NC(=O)C1CCNCC1. The van der Waals surface area contributed by atoms with Crippen molar-refractivity contribution in [3.05, 3.63) is 0 Å². The number of hydrogen-bond donors (Lipinski definition) is 3. The Morgan fingerprint density at radius 1 is 1.33 bits per heavy atom. The van der Waals surface area contributed by atoms with E-state index in [4.69, 9.17) is 5.73 Å². The van der Waals surface area contributed by atoms with Crippen molar-refractivity contribution in [3.63, 3.8) is 0 Å². The van der Waals surface area contributed by atoms with Gasteiger partial charge < -0.3 is 11.1 Å². The smallest absolute Gasteiger partial charge is 0.318 e. The largest absolute Gasteiger partial charge is 0.351 e. The van der Waals surface area contributed by atoms with E-state index in [9.17, 15) is 9.59 Å². The fourth-order valence-corrected chi connectivity index (χ4v) is 1.31. The molecule has 1 saturated heterocycles. The summed E-state index contributed by atoms with van der Waals surface area (Å²) in [5.74, 6) is -0.303. The summed E-state index contributed by atoms with van der Waals surface area (Å²) in [5, 5.41) is 5.21. The molecule has 0 aromatic carbocycles. The Hall–Kier alpha value is -1.10. The first-order valence-corrected chi connectivity index (χ1v) is 4.01. The van der Waals surface area contributed by atoms with Gasteiger partial charge in [-0.25, -0.2) is 4.79 Å². The molecule has 0 aromatic heterocycles. The molecule has 5 heteroatoms. The molecular weight excluding hydrogens is 158 g/mol. The van der Waals surface area contributed by atoms with Crippen LogP contribution < -0.4 is 16.4 Å². The van der Waals surface area contributed by atoms with Gasteiger partial charge in [-0.3, -0.25) is 10.1 Å². The van der Waals surface area contributed by atoms with Gasteiger partial charge in [-0.05, 0) is 25.9 Å². The zero-order valence-electron chi connectivity index (χ0n) is 6.80. The van der Waals surface area contributed by atoms with Crippen LogP contribution in [0.2, 0.25) is 0 Å². The number of hydrogen-bond acceptors (Lipinski definition) is 3. The Morgan fingerprint density at radius 2 is 1.92 bits per heavy atom. The van der Waals surface area contributed by atoms with Crippen LogP contribution in [0, 0.1) is 5.92 Å². The number of carbonyl (C=O) groups is 2. The second-order valence-electron chi connectivity index (χ2n) is 2.88. The summed E-state index contributed by atoms with van der Waals surface area (Å²) >= 11 is 0. The number of urea groups is 1. The number of piperidine rings is 1. The van der Waals surface area contributed by atoms with Crippen LogP contribution in [0.15, 0.2) is 0 Å². The van der Waals surface area contributed by atoms with Crippen LogP contribution in [0.4, 0.5) is 4.79 Å². The molecule has 0 saturated carbocycles. The number of rotatable bonds is 1. The molecule has 1 rings (SSSR count). The topological polar surface area (TPSA) is 84.2 Å². The van der Waals surface area contributed by atoms with Gasteiger partial charge in [0, 0.05) is 5.92 Å². The molecule has 0 aliphatic carbocycles. The van der Waals surface area contributed by atoms with Gasteiger partial charge in [0.1, 0.15) is 0 Å². The molecule has 1 heterocycles. The van der Waals surface area contributed by atoms with E-state index >= 15 is 0 Å². The highest BCUT2D eigenvalue weighted by Gasteiger charge is 2.21. The van der Waals surface area contributed by atoms with Gasteiger partial charge in [-0.1, -0.05) is 0 Å². The van der Waals surface area contributed by atoms with E-state index in [-0.39, 0.29) is 11.8 Å². The first-order chi connectivity index (χ1) is 5.70. The Kier molecular flexibility index (Phi) is 3.04. The molecule has 5 nitrogen and oxygen atoms in total. The third-order valence-electron chi connectivity index (χ3n) is 1.96. The maximum atomic E-state index is 11.2. The summed E-state index contributed by atoms with van der Waals surface area (Å²) in [6.07, 6.45) is 1.55. The van der Waals surface area contributed by atoms with Crippen molar-refractivity contribution in [1.82, 2.24) is 10.6 Å². The minimum absolute atomic E-state index is 0.0567. The average molecular weight is 171 g/mol. The summed E-state index contributed by atoms with van der Waals surface area (Å²) in [6.45, 7) is 1.66. The van der Waals surface area contributed by atoms with Crippen molar-refractivity contribution in [1.29, 1.82) is 0 Å². The van der Waals surface area contributed by atoms with Gasteiger partial charge in [0.15, 0.2) is 0 Å². The molecule has 68 valence electrons. The third-order valence-corrected chi connectivity index (χ3v) is 1.96. The van der Waals surface area contributed by atoms with Gasteiger partial charge >= 0.3 is 6.03 Å². The standard InChI is InChI=1S/C7H13N3O2/c8-7(12)10-6(11)5-1-3-9-4-2-5/h5,9H,1-4H2,(H3,8,10,11,12). The van der Waals surface area contributed by atoms with Crippen molar-refractivity contribution in [3.8, 4) is 0 Å². The zero-order chi connectivity index (χ0) is 8.97. The van der Waals surface area contributed by atoms with Gasteiger partial charge in [-0.15, -0.1) is 0 Å². The van der Waals surface area contributed by atoms with E-state index in [1.165, 1.54) is 0 Å². The molecule has 1 fully saturated rings. The molecule has 1 aliphatic rings.